The molecule has 0 unspecified atom stereocenters. The van der Waals surface area contributed by atoms with Gasteiger partial charge in [0.05, 0.1) is 21.5 Å². The standard InChI is InChI=1S/C19H8Cl2FNO4/c20-10-6-12-16(24)9(8-26-17(12)13(21)7-10)5-15-19(25)27-18(23-15)11-3-1-2-4-14(11)22/h1-8H. The largest absolute Gasteiger partial charge is 0.462 e. The molecule has 8 heteroatoms. The van der Waals surface area contributed by atoms with Crippen molar-refractivity contribution in [2.75, 3.05) is 0 Å². The number of aliphatic imine (C=N–C) groups is 1. The second-order valence-corrected chi connectivity index (χ2v) is 6.44. The number of benzene rings is 2. The molecule has 5 nitrogen and oxygen atoms in total. The number of fused-ring (bicyclic) bond motifs is 1. The highest BCUT2D eigenvalue weighted by Crippen LogP contribution is 2.27. The van der Waals surface area contributed by atoms with E-state index in [1.165, 1.54) is 36.4 Å². The van der Waals surface area contributed by atoms with Crippen LogP contribution in [-0.4, -0.2) is 11.9 Å². The van der Waals surface area contributed by atoms with Gasteiger partial charge < -0.3 is 9.15 Å². The third kappa shape index (κ3) is 3.13. The number of ether oxygens (including phenoxy) is 1. The van der Waals surface area contributed by atoms with Gasteiger partial charge in [0.15, 0.2) is 16.7 Å². The number of halogens is 3. The van der Waals surface area contributed by atoms with Gasteiger partial charge in [-0.1, -0.05) is 35.3 Å². The van der Waals surface area contributed by atoms with Gasteiger partial charge in [0, 0.05) is 5.02 Å². The minimum atomic E-state index is -0.808. The molecule has 1 aromatic heterocycles. The zero-order valence-electron chi connectivity index (χ0n) is 13.3. The van der Waals surface area contributed by atoms with Crippen LogP contribution in [0.1, 0.15) is 11.1 Å². The molecule has 27 heavy (non-hydrogen) atoms. The fraction of sp³-hybridized carbons (Fsp3) is 0. The summed E-state index contributed by atoms with van der Waals surface area (Å²) >= 11 is 11.9. The normalized spacial score (nSPS) is 15.3. The predicted octanol–water partition coefficient (Wildman–Crippen LogP) is 4.58. The fourth-order valence-corrected chi connectivity index (χ4v) is 3.12. The highest BCUT2D eigenvalue weighted by atomic mass is 35.5. The van der Waals surface area contributed by atoms with Gasteiger partial charge in [-0.25, -0.2) is 14.2 Å². The number of rotatable bonds is 2. The van der Waals surface area contributed by atoms with E-state index in [2.05, 4.69) is 4.99 Å². The number of carbonyl (C=O) groups is 1. The van der Waals surface area contributed by atoms with E-state index in [4.69, 9.17) is 32.4 Å². The molecule has 2 heterocycles. The van der Waals surface area contributed by atoms with Crippen LogP contribution in [0, 0.1) is 5.82 Å². The summed E-state index contributed by atoms with van der Waals surface area (Å²) in [7, 11) is 0. The molecule has 0 radical (unpaired) electrons. The maximum Gasteiger partial charge on any atom is 0.363 e. The predicted molar refractivity (Wildman–Crippen MR) is 99.5 cm³/mol. The van der Waals surface area contributed by atoms with Crippen LogP contribution in [0.5, 0.6) is 0 Å². The Morgan fingerprint density at radius 2 is 1.89 bits per heavy atom. The molecule has 0 fully saturated rings. The second-order valence-electron chi connectivity index (χ2n) is 5.60. The van der Waals surface area contributed by atoms with Crippen molar-refractivity contribution in [3.05, 3.63) is 85.6 Å². The van der Waals surface area contributed by atoms with Gasteiger partial charge in [0.25, 0.3) is 0 Å². The van der Waals surface area contributed by atoms with E-state index in [-0.39, 0.29) is 43.7 Å². The molecule has 0 bridgehead atoms. The molecular formula is C19H8Cl2FNO4. The molecule has 0 N–H and O–H groups in total. The quantitative estimate of drug-likeness (QED) is 0.463. The summed E-state index contributed by atoms with van der Waals surface area (Å²) < 4.78 is 24.3. The first-order valence-corrected chi connectivity index (χ1v) is 8.37. The van der Waals surface area contributed by atoms with E-state index in [1.807, 2.05) is 0 Å². The van der Waals surface area contributed by atoms with Crippen LogP contribution in [-0.2, 0) is 9.53 Å². The first-order valence-electron chi connectivity index (χ1n) is 7.62. The van der Waals surface area contributed by atoms with Crippen LogP contribution in [0.2, 0.25) is 10.0 Å². The van der Waals surface area contributed by atoms with Crippen LogP contribution in [0.4, 0.5) is 4.39 Å². The summed E-state index contributed by atoms with van der Waals surface area (Å²) in [5.41, 5.74) is -0.342. The Morgan fingerprint density at radius 1 is 1.11 bits per heavy atom. The highest BCUT2D eigenvalue weighted by Gasteiger charge is 2.26. The zero-order chi connectivity index (χ0) is 19.1. The second kappa shape index (κ2) is 6.64. The topological polar surface area (TPSA) is 68.9 Å². The third-order valence-corrected chi connectivity index (χ3v) is 4.33. The lowest BCUT2D eigenvalue weighted by Gasteiger charge is -2.01. The number of hydrogen-bond acceptors (Lipinski definition) is 5. The van der Waals surface area contributed by atoms with Gasteiger partial charge in [-0.05, 0) is 30.3 Å². The Hall–Kier alpha value is -2.96. The molecule has 0 saturated heterocycles. The Bertz CT molecular complexity index is 1230. The smallest absolute Gasteiger partial charge is 0.363 e. The average Bonchev–Trinajstić information content (AvgIpc) is 2.98. The molecular weight excluding hydrogens is 396 g/mol. The molecule has 3 aromatic rings. The van der Waals surface area contributed by atoms with Crippen molar-refractivity contribution >= 4 is 52.1 Å². The van der Waals surface area contributed by atoms with Crippen LogP contribution in [0.25, 0.3) is 17.0 Å². The van der Waals surface area contributed by atoms with E-state index in [0.717, 1.165) is 6.26 Å². The number of cyclic esters (lactones) is 1. The van der Waals surface area contributed by atoms with Crippen LogP contribution in [0.3, 0.4) is 0 Å². The molecule has 1 aliphatic heterocycles. The van der Waals surface area contributed by atoms with Gasteiger partial charge in [-0.3, -0.25) is 4.79 Å². The van der Waals surface area contributed by atoms with E-state index >= 15 is 0 Å². The van der Waals surface area contributed by atoms with E-state index in [9.17, 15) is 14.0 Å². The average molecular weight is 404 g/mol. The SMILES string of the molecule is O=C1OC(c2ccccc2F)=NC1=Cc1coc2c(Cl)cc(Cl)cc2c1=O. The Labute approximate surface area is 161 Å². The summed E-state index contributed by atoms with van der Waals surface area (Å²) in [5, 5.41) is 0.616. The monoisotopic (exact) mass is 403 g/mol. The molecule has 0 spiro atoms. The summed E-state index contributed by atoms with van der Waals surface area (Å²) in [6.07, 6.45) is 2.36. The molecule has 0 aliphatic carbocycles. The van der Waals surface area contributed by atoms with Crippen molar-refractivity contribution in [2.24, 2.45) is 4.99 Å². The maximum atomic E-state index is 13.9. The van der Waals surface area contributed by atoms with Gasteiger partial charge in [0.1, 0.15) is 12.1 Å². The minimum absolute atomic E-state index is 0.0401. The van der Waals surface area contributed by atoms with Crippen molar-refractivity contribution < 1.29 is 18.3 Å². The van der Waals surface area contributed by atoms with E-state index < -0.39 is 17.2 Å². The summed E-state index contributed by atoms with van der Waals surface area (Å²) in [5.74, 6) is -1.57. The lowest BCUT2D eigenvalue weighted by Crippen LogP contribution is -2.08. The Balaban J connectivity index is 1.82. The minimum Gasteiger partial charge on any atom is -0.462 e. The van der Waals surface area contributed by atoms with Crippen molar-refractivity contribution in [1.82, 2.24) is 0 Å². The summed E-state index contributed by atoms with van der Waals surface area (Å²) in [6, 6.07) is 8.60. The number of hydrogen-bond donors (Lipinski definition) is 0. The van der Waals surface area contributed by atoms with Crippen molar-refractivity contribution in [3.63, 3.8) is 0 Å². The molecule has 134 valence electrons. The Morgan fingerprint density at radius 3 is 2.67 bits per heavy atom. The van der Waals surface area contributed by atoms with Gasteiger partial charge in [-0.15, -0.1) is 0 Å². The number of nitrogens with zero attached hydrogens (tertiary/aromatic N) is 1. The van der Waals surface area contributed by atoms with Crippen molar-refractivity contribution in [1.29, 1.82) is 0 Å². The molecule has 0 atom stereocenters. The summed E-state index contributed by atoms with van der Waals surface area (Å²) in [6.45, 7) is 0. The van der Waals surface area contributed by atoms with Crippen LogP contribution < -0.4 is 5.43 Å². The number of carbonyl (C=O) groups excluding carboxylic acids is 1. The van der Waals surface area contributed by atoms with Gasteiger partial charge in [-0.2, -0.15) is 0 Å². The lowest BCUT2D eigenvalue weighted by atomic mass is 10.1. The molecule has 4 rings (SSSR count). The van der Waals surface area contributed by atoms with Crippen molar-refractivity contribution in [3.8, 4) is 0 Å². The van der Waals surface area contributed by atoms with Gasteiger partial charge in [0.2, 0.25) is 5.90 Å². The molecule has 0 amide bonds. The van der Waals surface area contributed by atoms with Crippen molar-refractivity contribution in [2.45, 2.75) is 0 Å². The zero-order valence-corrected chi connectivity index (χ0v) is 14.8. The maximum absolute atomic E-state index is 13.9. The summed E-state index contributed by atoms with van der Waals surface area (Å²) in [4.78, 5) is 28.7. The molecule has 2 aromatic carbocycles. The van der Waals surface area contributed by atoms with E-state index in [1.54, 1.807) is 6.07 Å². The third-order valence-electron chi connectivity index (χ3n) is 3.84. The molecule has 0 saturated carbocycles. The Kier molecular flexibility index (Phi) is 4.30. The van der Waals surface area contributed by atoms with Crippen LogP contribution >= 0.6 is 23.2 Å². The highest BCUT2D eigenvalue weighted by molar-refractivity contribution is 6.38. The first kappa shape index (κ1) is 17.5. The number of esters is 1. The lowest BCUT2D eigenvalue weighted by molar-refractivity contribution is -0.129. The molecule has 1 aliphatic rings. The van der Waals surface area contributed by atoms with E-state index in [0.29, 0.717) is 0 Å². The van der Waals surface area contributed by atoms with Gasteiger partial charge >= 0.3 is 5.97 Å². The first-order chi connectivity index (χ1) is 12.9. The fourth-order valence-electron chi connectivity index (χ4n) is 2.59. The van der Waals surface area contributed by atoms with Crippen LogP contribution in [0.15, 0.2) is 62.6 Å².